The van der Waals surface area contributed by atoms with Gasteiger partial charge >= 0.3 is 5.97 Å². The number of ether oxygens (including phenoxy) is 2. The lowest BCUT2D eigenvalue weighted by Crippen LogP contribution is -2.21. The molecule has 0 aromatic heterocycles. The van der Waals surface area contributed by atoms with Crippen LogP contribution in [0.4, 0.5) is 5.69 Å². The van der Waals surface area contributed by atoms with Crippen molar-refractivity contribution in [1.82, 2.24) is 0 Å². The first-order valence-electron chi connectivity index (χ1n) is 6.87. The molecule has 6 heteroatoms. The maximum Gasteiger partial charge on any atom is 0.337 e. The molecule has 2 rings (SSSR count). The molecule has 5 nitrogen and oxygen atoms in total. The summed E-state index contributed by atoms with van der Waals surface area (Å²) in [5, 5.41) is 3.31. The Labute approximate surface area is 139 Å². The predicted octanol–water partition coefficient (Wildman–Crippen LogP) is 3.45. The number of hydrogen-bond donors (Lipinski definition) is 1. The third-order valence-corrected chi connectivity index (χ3v) is 3.37. The highest BCUT2D eigenvalue weighted by atomic mass is 35.5. The van der Waals surface area contributed by atoms with Gasteiger partial charge in [0, 0.05) is 10.7 Å². The summed E-state index contributed by atoms with van der Waals surface area (Å²) < 4.78 is 10.0. The van der Waals surface area contributed by atoms with Gasteiger partial charge in [0.1, 0.15) is 5.75 Å². The molecule has 0 saturated heterocycles. The van der Waals surface area contributed by atoms with E-state index in [1.54, 1.807) is 42.5 Å². The van der Waals surface area contributed by atoms with E-state index in [4.69, 9.17) is 16.3 Å². The fourth-order valence-electron chi connectivity index (χ4n) is 1.87. The minimum Gasteiger partial charge on any atom is -0.484 e. The first-order chi connectivity index (χ1) is 11.0. The van der Waals surface area contributed by atoms with Gasteiger partial charge in [0.15, 0.2) is 6.61 Å². The Hall–Kier alpha value is -2.53. The number of hydrogen-bond acceptors (Lipinski definition) is 4. The van der Waals surface area contributed by atoms with Crippen molar-refractivity contribution >= 4 is 29.2 Å². The molecular formula is C17H16ClNO4. The lowest BCUT2D eigenvalue weighted by molar-refractivity contribution is -0.118. The number of anilines is 1. The lowest BCUT2D eigenvalue weighted by Gasteiger charge is -2.11. The van der Waals surface area contributed by atoms with E-state index in [9.17, 15) is 9.59 Å². The van der Waals surface area contributed by atoms with E-state index in [1.165, 1.54) is 7.11 Å². The molecule has 120 valence electrons. The van der Waals surface area contributed by atoms with E-state index in [-0.39, 0.29) is 12.5 Å². The van der Waals surface area contributed by atoms with E-state index in [0.717, 1.165) is 5.56 Å². The van der Waals surface area contributed by atoms with Crippen molar-refractivity contribution < 1.29 is 19.1 Å². The summed E-state index contributed by atoms with van der Waals surface area (Å²) in [5.41, 5.74) is 1.74. The van der Waals surface area contributed by atoms with Crippen molar-refractivity contribution in [2.45, 2.75) is 6.92 Å². The van der Waals surface area contributed by atoms with Gasteiger partial charge in [0.05, 0.1) is 12.7 Å². The molecule has 1 N–H and O–H groups in total. The molecule has 0 spiro atoms. The molecule has 2 aromatic carbocycles. The van der Waals surface area contributed by atoms with Crippen molar-refractivity contribution in [1.29, 1.82) is 0 Å². The molecule has 0 heterocycles. The van der Waals surface area contributed by atoms with E-state index in [0.29, 0.717) is 22.0 Å². The third kappa shape index (κ3) is 4.72. The average molecular weight is 334 g/mol. The van der Waals surface area contributed by atoms with Crippen LogP contribution in [0.3, 0.4) is 0 Å². The van der Waals surface area contributed by atoms with Gasteiger partial charge in [-0.2, -0.15) is 0 Å². The van der Waals surface area contributed by atoms with Gasteiger partial charge in [-0.25, -0.2) is 4.79 Å². The number of aryl methyl sites for hydroxylation is 1. The van der Waals surface area contributed by atoms with Gasteiger partial charge in [0.25, 0.3) is 5.91 Å². The summed E-state index contributed by atoms with van der Waals surface area (Å²) in [6.45, 7) is 1.68. The van der Waals surface area contributed by atoms with Crippen molar-refractivity contribution in [3.05, 3.63) is 58.6 Å². The molecule has 2 aromatic rings. The fraction of sp³-hybridized carbons (Fsp3) is 0.176. The minimum atomic E-state index is -0.460. The Morgan fingerprint density at radius 3 is 2.48 bits per heavy atom. The second-order valence-corrected chi connectivity index (χ2v) is 5.25. The Balaban J connectivity index is 1.99. The molecule has 1 amide bonds. The number of nitrogens with one attached hydrogen (secondary N) is 1. The number of halogens is 1. The summed E-state index contributed by atoms with van der Waals surface area (Å²) >= 11 is 5.78. The molecule has 0 fully saturated rings. The molecule has 0 aliphatic heterocycles. The minimum absolute atomic E-state index is 0.149. The number of carbonyl (C=O) groups is 2. The number of methoxy groups -OCH3 is 1. The average Bonchev–Trinajstić information content (AvgIpc) is 2.55. The van der Waals surface area contributed by atoms with E-state index >= 15 is 0 Å². The van der Waals surface area contributed by atoms with E-state index < -0.39 is 5.97 Å². The monoisotopic (exact) mass is 333 g/mol. The van der Waals surface area contributed by atoms with Gasteiger partial charge in [-0.15, -0.1) is 0 Å². The topological polar surface area (TPSA) is 64.6 Å². The molecule has 0 radical (unpaired) electrons. The molecule has 0 saturated carbocycles. The number of esters is 1. The third-order valence-electron chi connectivity index (χ3n) is 3.12. The summed E-state index contributed by atoms with van der Waals surface area (Å²) in [4.78, 5) is 23.5. The molecule has 0 aliphatic rings. The predicted molar refractivity (Wildman–Crippen MR) is 88.1 cm³/mol. The number of benzene rings is 2. The highest BCUT2D eigenvalue weighted by molar-refractivity contribution is 6.30. The Morgan fingerprint density at radius 1 is 1.13 bits per heavy atom. The van der Waals surface area contributed by atoms with Crippen LogP contribution in [0.2, 0.25) is 5.02 Å². The van der Waals surface area contributed by atoms with Crippen LogP contribution in [-0.2, 0) is 9.53 Å². The van der Waals surface area contributed by atoms with E-state index in [2.05, 4.69) is 10.1 Å². The van der Waals surface area contributed by atoms with Crippen molar-refractivity contribution in [2.24, 2.45) is 0 Å². The zero-order chi connectivity index (χ0) is 16.8. The molecule has 23 heavy (non-hydrogen) atoms. The van der Waals surface area contributed by atoms with Crippen LogP contribution in [0.1, 0.15) is 15.9 Å². The largest absolute Gasteiger partial charge is 0.484 e. The standard InChI is InChI=1S/C17H16ClNO4/c1-11-3-4-12(17(21)22-2)9-15(11)19-16(20)10-23-14-7-5-13(18)6-8-14/h3-9H,10H2,1-2H3,(H,19,20). The lowest BCUT2D eigenvalue weighted by atomic mass is 10.1. The summed E-state index contributed by atoms with van der Waals surface area (Å²) in [6.07, 6.45) is 0. The number of carbonyl (C=O) groups excluding carboxylic acids is 2. The number of rotatable bonds is 5. The Bertz CT molecular complexity index is 713. The molecule has 0 aliphatic carbocycles. The highest BCUT2D eigenvalue weighted by Crippen LogP contribution is 2.18. The van der Waals surface area contributed by atoms with E-state index in [1.807, 2.05) is 6.92 Å². The van der Waals surface area contributed by atoms with Gasteiger partial charge in [0.2, 0.25) is 0 Å². The maximum atomic E-state index is 12.0. The van der Waals surface area contributed by atoms with Crippen LogP contribution < -0.4 is 10.1 Å². The van der Waals surface area contributed by atoms with Crippen molar-refractivity contribution in [3.8, 4) is 5.75 Å². The molecule has 0 atom stereocenters. The van der Waals surface area contributed by atoms with Gasteiger partial charge in [-0.1, -0.05) is 17.7 Å². The quantitative estimate of drug-likeness (QED) is 0.851. The first-order valence-corrected chi connectivity index (χ1v) is 7.24. The van der Waals surface area contributed by atoms with Crippen LogP contribution in [-0.4, -0.2) is 25.6 Å². The number of amides is 1. The summed E-state index contributed by atoms with van der Waals surface area (Å²) in [7, 11) is 1.31. The second kappa shape index (κ2) is 7.65. The molecule has 0 unspecified atom stereocenters. The van der Waals surface area contributed by atoms with Crippen LogP contribution >= 0.6 is 11.6 Å². The Morgan fingerprint density at radius 2 is 1.83 bits per heavy atom. The normalized spacial score (nSPS) is 10.0. The zero-order valence-electron chi connectivity index (χ0n) is 12.8. The highest BCUT2D eigenvalue weighted by Gasteiger charge is 2.10. The van der Waals surface area contributed by atoms with Crippen LogP contribution in [0.25, 0.3) is 0 Å². The SMILES string of the molecule is COC(=O)c1ccc(C)c(NC(=O)COc2ccc(Cl)cc2)c1. The Kier molecular flexibility index (Phi) is 5.60. The van der Waals surface area contributed by atoms with Gasteiger partial charge in [-0.3, -0.25) is 4.79 Å². The fourth-order valence-corrected chi connectivity index (χ4v) is 1.99. The second-order valence-electron chi connectivity index (χ2n) is 4.81. The van der Waals surface area contributed by atoms with Gasteiger partial charge in [-0.05, 0) is 48.9 Å². The summed E-state index contributed by atoms with van der Waals surface area (Å²) in [6, 6.07) is 11.7. The summed E-state index contributed by atoms with van der Waals surface area (Å²) in [5.74, 6) is -0.243. The molecular weight excluding hydrogens is 318 g/mol. The van der Waals surface area contributed by atoms with Crippen LogP contribution in [0.15, 0.2) is 42.5 Å². The van der Waals surface area contributed by atoms with Crippen LogP contribution in [0, 0.1) is 6.92 Å². The molecule has 0 bridgehead atoms. The van der Waals surface area contributed by atoms with Crippen molar-refractivity contribution in [2.75, 3.05) is 19.0 Å². The smallest absolute Gasteiger partial charge is 0.337 e. The van der Waals surface area contributed by atoms with Crippen molar-refractivity contribution in [3.63, 3.8) is 0 Å². The zero-order valence-corrected chi connectivity index (χ0v) is 13.5. The van der Waals surface area contributed by atoms with Crippen LogP contribution in [0.5, 0.6) is 5.75 Å². The first kappa shape index (κ1) is 16.8. The van der Waals surface area contributed by atoms with Gasteiger partial charge < -0.3 is 14.8 Å². The maximum absolute atomic E-state index is 12.0.